The van der Waals surface area contributed by atoms with Gasteiger partial charge in [0, 0.05) is 32.2 Å². The molecular formula is C21H28N2O7S. The normalized spacial score (nSPS) is 21.0. The van der Waals surface area contributed by atoms with Gasteiger partial charge in [0.25, 0.3) is 5.91 Å². The second-order valence-corrected chi connectivity index (χ2v) is 10.0. The summed E-state index contributed by atoms with van der Waals surface area (Å²) in [5.74, 6) is -0.0619. The van der Waals surface area contributed by atoms with Crippen LogP contribution in [-0.2, 0) is 24.3 Å². The lowest BCUT2D eigenvalue weighted by atomic mass is 9.98. The summed E-state index contributed by atoms with van der Waals surface area (Å²) in [6.07, 6.45) is 1.84. The molecule has 2 fully saturated rings. The van der Waals surface area contributed by atoms with E-state index in [0.717, 1.165) is 12.8 Å². The van der Waals surface area contributed by atoms with Gasteiger partial charge in [-0.3, -0.25) is 9.59 Å². The van der Waals surface area contributed by atoms with E-state index < -0.39 is 28.0 Å². The van der Waals surface area contributed by atoms with Crippen LogP contribution in [0.4, 0.5) is 0 Å². The minimum Gasteiger partial charge on any atom is -0.486 e. The molecule has 9 nitrogen and oxygen atoms in total. The molecule has 1 aromatic carbocycles. The fourth-order valence-corrected chi connectivity index (χ4v) is 5.67. The lowest BCUT2D eigenvalue weighted by Crippen LogP contribution is -2.43. The van der Waals surface area contributed by atoms with Crippen LogP contribution in [0.2, 0.25) is 0 Å². The molecule has 0 radical (unpaired) electrons. The highest BCUT2D eigenvalue weighted by molar-refractivity contribution is 7.89. The second kappa shape index (κ2) is 9.04. The van der Waals surface area contributed by atoms with E-state index in [-0.39, 0.29) is 23.9 Å². The molecule has 0 aliphatic carbocycles. The van der Waals surface area contributed by atoms with Crippen LogP contribution in [0.25, 0.3) is 0 Å². The Morgan fingerprint density at radius 1 is 1.03 bits per heavy atom. The van der Waals surface area contributed by atoms with Gasteiger partial charge >= 0.3 is 5.97 Å². The molecule has 0 N–H and O–H groups in total. The van der Waals surface area contributed by atoms with Gasteiger partial charge in [-0.1, -0.05) is 0 Å². The topological polar surface area (TPSA) is 102 Å². The molecule has 3 aliphatic heterocycles. The number of rotatable bonds is 5. The summed E-state index contributed by atoms with van der Waals surface area (Å²) < 4.78 is 43.8. The SMILES string of the molecule is C[C@@H](OC(=O)C1CCN(S(=O)(=O)c2ccc3c(c2)OCCO3)CC1)C(=O)N1CCCC1. The van der Waals surface area contributed by atoms with Crippen molar-refractivity contribution in [2.45, 2.75) is 43.6 Å². The van der Waals surface area contributed by atoms with E-state index in [1.54, 1.807) is 17.9 Å². The Morgan fingerprint density at radius 2 is 1.68 bits per heavy atom. The van der Waals surface area contributed by atoms with Gasteiger partial charge in [-0.2, -0.15) is 4.31 Å². The molecule has 4 rings (SSSR count). The van der Waals surface area contributed by atoms with Crippen LogP contribution < -0.4 is 9.47 Å². The van der Waals surface area contributed by atoms with Crippen molar-refractivity contribution in [2.75, 3.05) is 39.4 Å². The van der Waals surface area contributed by atoms with Crippen molar-refractivity contribution >= 4 is 21.9 Å². The number of hydrogen-bond acceptors (Lipinski definition) is 7. The molecule has 0 spiro atoms. The van der Waals surface area contributed by atoms with Gasteiger partial charge in [0.15, 0.2) is 17.6 Å². The van der Waals surface area contributed by atoms with Crippen LogP contribution in [0.3, 0.4) is 0 Å². The van der Waals surface area contributed by atoms with Gasteiger partial charge in [0.05, 0.1) is 10.8 Å². The molecule has 0 saturated carbocycles. The predicted molar refractivity (Wildman–Crippen MR) is 110 cm³/mol. The summed E-state index contributed by atoms with van der Waals surface area (Å²) in [5.41, 5.74) is 0. The zero-order chi connectivity index (χ0) is 22.0. The van der Waals surface area contributed by atoms with E-state index in [2.05, 4.69) is 0 Å². The molecule has 3 aliphatic rings. The quantitative estimate of drug-likeness (QED) is 0.623. The average molecular weight is 453 g/mol. The minimum absolute atomic E-state index is 0.141. The third kappa shape index (κ3) is 4.64. The monoisotopic (exact) mass is 452 g/mol. The van der Waals surface area contributed by atoms with Gasteiger partial charge in [-0.05, 0) is 44.7 Å². The number of benzene rings is 1. The van der Waals surface area contributed by atoms with Crippen LogP contribution in [0.1, 0.15) is 32.6 Å². The minimum atomic E-state index is -3.71. The Bertz CT molecular complexity index is 935. The smallest absolute Gasteiger partial charge is 0.309 e. The number of amides is 1. The summed E-state index contributed by atoms with van der Waals surface area (Å²) >= 11 is 0. The van der Waals surface area contributed by atoms with Crippen molar-refractivity contribution < 1.29 is 32.2 Å². The lowest BCUT2D eigenvalue weighted by molar-refractivity contribution is -0.163. The molecule has 1 aromatic rings. The molecule has 3 heterocycles. The number of esters is 1. The fraction of sp³-hybridized carbons (Fsp3) is 0.619. The van der Waals surface area contributed by atoms with E-state index in [0.29, 0.717) is 50.6 Å². The average Bonchev–Trinajstić information content (AvgIpc) is 3.33. The highest BCUT2D eigenvalue weighted by Gasteiger charge is 2.35. The van der Waals surface area contributed by atoms with E-state index >= 15 is 0 Å². The van der Waals surface area contributed by atoms with E-state index in [1.165, 1.54) is 16.4 Å². The fourth-order valence-electron chi connectivity index (χ4n) is 4.18. The molecule has 1 amide bonds. The highest BCUT2D eigenvalue weighted by atomic mass is 32.2. The van der Waals surface area contributed by atoms with E-state index in [9.17, 15) is 18.0 Å². The van der Waals surface area contributed by atoms with Crippen LogP contribution in [0.15, 0.2) is 23.1 Å². The Balaban J connectivity index is 1.33. The summed E-state index contributed by atoms with van der Waals surface area (Å²) in [6, 6.07) is 4.59. The number of sulfonamides is 1. The molecular weight excluding hydrogens is 424 g/mol. The molecule has 10 heteroatoms. The molecule has 0 unspecified atom stereocenters. The standard InChI is InChI=1S/C21H28N2O7S/c1-15(20(24)22-8-2-3-9-22)30-21(25)16-6-10-23(11-7-16)31(26,27)17-4-5-18-19(14-17)29-13-12-28-18/h4-5,14-16H,2-3,6-13H2,1H3/t15-/m1/s1. The first-order chi connectivity index (χ1) is 14.9. The Morgan fingerprint density at radius 3 is 2.35 bits per heavy atom. The largest absolute Gasteiger partial charge is 0.486 e. The number of carbonyl (C=O) groups is 2. The third-order valence-electron chi connectivity index (χ3n) is 6.00. The molecule has 31 heavy (non-hydrogen) atoms. The third-order valence-corrected chi connectivity index (χ3v) is 7.89. The van der Waals surface area contributed by atoms with Gasteiger partial charge in [-0.25, -0.2) is 8.42 Å². The Hall–Kier alpha value is -2.33. The van der Waals surface area contributed by atoms with Crippen molar-refractivity contribution in [3.05, 3.63) is 18.2 Å². The molecule has 2 saturated heterocycles. The van der Waals surface area contributed by atoms with Crippen LogP contribution in [-0.4, -0.2) is 75.0 Å². The molecule has 1 atom stereocenters. The first-order valence-electron chi connectivity index (χ1n) is 10.8. The van der Waals surface area contributed by atoms with Gasteiger partial charge < -0.3 is 19.1 Å². The van der Waals surface area contributed by atoms with Crippen LogP contribution in [0.5, 0.6) is 11.5 Å². The van der Waals surface area contributed by atoms with Gasteiger partial charge in [0.1, 0.15) is 13.2 Å². The highest BCUT2D eigenvalue weighted by Crippen LogP contribution is 2.34. The van der Waals surface area contributed by atoms with E-state index in [4.69, 9.17) is 14.2 Å². The van der Waals surface area contributed by atoms with Gasteiger partial charge in [-0.15, -0.1) is 0 Å². The summed E-state index contributed by atoms with van der Waals surface area (Å²) in [6.45, 7) is 4.25. The first-order valence-corrected chi connectivity index (χ1v) is 12.2. The number of hydrogen-bond donors (Lipinski definition) is 0. The van der Waals surface area contributed by atoms with Crippen molar-refractivity contribution in [1.29, 1.82) is 0 Å². The maximum absolute atomic E-state index is 13.0. The number of fused-ring (bicyclic) bond motifs is 1. The lowest BCUT2D eigenvalue weighted by Gasteiger charge is -2.31. The van der Waals surface area contributed by atoms with Crippen molar-refractivity contribution in [2.24, 2.45) is 5.92 Å². The van der Waals surface area contributed by atoms with Crippen molar-refractivity contribution in [1.82, 2.24) is 9.21 Å². The van der Waals surface area contributed by atoms with Crippen molar-refractivity contribution in [3.8, 4) is 11.5 Å². The molecule has 170 valence electrons. The molecule has 0 aromatic heterocycles. The summed E-state index contributed by atoms with van der Waals surface area (Å²) in [4.78, 5) is 26.7. The Kier molecular flexibility index (Phi) is 6.38. The van der Waals surface area contributed by atoms with Crippen LogP contribution in [0, 0.1) is 5.92 Å². The van der Waals surface area contributed by atoms with E-state index in [1.807, 2.05) is 0 Å². The van der Waals surface area contributed by atoms with Crippen molar-refractivity contribution in [3.63, 3.8) is 0 Å². The number of piperidine rings is 1. The summed E-state index contributed by atoms with van der Waals surface area (Å²) in [7, 11) is -3.71. The number of likely N-dealkylation sites (tertiary alicyclic amines) is 1. The molecule has 0 bridgehead atoms. The maximum atomic E-state index is 13.0. The predicted octanol–water partition coefficient (Wildman–Crippen LogP) is 1.41. The Labute approximate surface area is 182 Å². The van der Waals surface area contributed by atoms with Crippen LogP contribution >= 0.6 is 0 Å². The summed E-state index contributed by atoms with van der Waals surface area (Å²) in [5, 5.41) is 0. The maximum Gasteiger partial charge on any atom is 0.309 e. The van der Waals surface area contributed by atoms with Gasteiger partial charge in [0.2, 0.25) is 10.0 Å². The number of nitrogens with zero attached hydrogens (tertiary/aromatic N) is 2. The first kappa shape index (κ1) is 21.9. The zero-order valence-corrected chi connectivity index (χ0v) is 18.4. The number of carbonyl (C=O) groups excluding carboxylic acids is 2. The number of ether oxygens (including phenoxy) is 3. The zero-order valence-electron chi connectivity index (χ0n) is 17.6. The second-order valence-electron chi connectivity index (χ2n) is 8.10.